The molecule has 0 spiro atoms. The zero-order chi connectivity index (χ0) is 24.1. The van der Waals surface area contributed by atoms with Gasteiger partial charge in [-0.2, -0.15) is 0 Å². The van der Waals surface area contributed by atoms with Crippen molar-refractivity contribution in [2.45, 2.75) is 32.1 Å². The van der Waals surface area contributed by atoms with Gasteiger partial charge in [-0.25, -0.2) is 18.5 Å². The highest BCUT2D eigenvalue weighted by Crippen LogP contribution is 2.30. The molecule has 1 aromatic heterocycles. The van der Waals surface area contributed by atoms with Gasteiger partial charge in [0.1, 0.15) is 5.69 Å². The van der Waals surface area contributed by atoms with E-state index in [-0.39, 0.29) is 12.0 Å². The molecule has 4 rings (SSSR count). The lowest BCUT2D eigenvalue weighted by Crippen LogP contribution is -2.46. The minimum atomic E-state index is -1.03. The number of carbonyl (C=O) groups is 2. The Morgan fingerprint density at radius 3 is 2.29 bits per heavy atom. The lowest BCUT2D eigenvalue weighted by Gasteiger charge is -2.28. The second kappa shape index (κ2) is 10.3. The monoisotopic (exact) mass is 459 g/mol. The molecule has 0 bridgehead atoms. The summed E-state index contributed by atoms with van der Waals surface area (Å²) in [5.41, 5.74) is 1.48. The van der Waals surface area contributed by atoms with E-state index in [2.05, 4.69) is 16.8 Å². The Bertz CT molecular complexity index is 1260. The fourth-order valence-corrected chi connectivity index (χ4v) is 3.92. The molecule has 0 saturated carbocycles. The number of amides is 3. The van der Waals surface area contributed by atoms with Crippen LogP contribution < -0.4 is 9.80 Å². The summed E-state index contributed by atoms with van der Waals surface area (Å²) in [6, 6.07) is 11.9. The van der Waals surface area contributed by atoms with Gasteiger partial charge in [0.2, 0.25) is 5.91 Å². The summed E-state index contributed by atoms with van der Waals surface area (Å²) in [5, 5.41) is 0. The molecule has 1 aliphatic heterocycles. The second-order valence-corrected chi connectivity index (χ2v) is 8.04. The molecule has 7 heteroatoms. The molecular formula is C27H23F2N3O2. The summed E-state index contributed by atoms with van der Waals surface area (Å²) >= 11 is 0. The third-order valence-electron chi connectivity index (χ3n) is 5.67. The molecule has 2 heterocycles. The molecule has 2 aromatic carbocycles. The molecule has 3 aromatic rings. The third-order valence-corrected chi connectivity index (χ3v) is 5.67. The first-order chi connectivity index (χ1) is 16.5. The quantitative estimate of drug-likeness (QED) is 0.454. The predicted octanol–water partition coefficient (Wildman–Crippen LogP) is 5.47. The zero-order valence-electron chi connectivity index (χ0n) is 18.7. The topological polar surface area (TPSA) is 53.5 Å². The number of carbonyl (C=O) groups excluding carboxylic acids is 2. The minimum absolute atomic E-state index is 0.00260. The number of halogens is 2. The van der Waals surface area contributed by atoms with Crippen molar-refractivity contribution in [2.75, 3.05) is 16.8 Å². The van der Waals surface area contributed by atoms with Crippen molar-refractivity contribution in [2.24, 2.45) is 0 Å². The first kappa shape index (κ1) is 23.1. The Kier molecular flexibility index (Phi) is 6.98. The van der Waals surface area contributed by atoms with E-state index in [9.17, 15) is 9.59 Å². The molecule has 5 nitrogen and oxygen atoms in total. The molecular weight excluding hydrogens is 436 g/mol. The maximum atomic E-state index is 15.2. The molecule has 34 heavy (non-hydrogen) atoms. The predicted molar refractivity (Wildman–Crippen MR) is 126 cm³/mol. The van der Waals surface area contributed by atoms with Crippen LogP contribution in [0, 0.1) is 23.5 Å². The summed E-state index contributed by atoms with van der Waals surface area (Å²) in [5.74, 6) is 2.86. The van der Waals surface area contributed by atoms with Crippen LogP contribution in [-0.2, 0) is 11.2 Å². The average Bonchev–Trinajstić information content (AvgIpc) is 2.86. The number of rotatable bonds is 1. The van der Waals surface area contributed by atoms with Crippen LogP contribution in [-0.4, -0.2) is 24.0 Å². The van der Waals surface area contributed by atoms with Crippen LogP contribution in [0.1, 0.15) is 42.4 Å². The maximum Gasteiger partial charge on any atom is 0.335 e. The fraction of sp³-hybridized carbons (Fsp3) is 0.222. The van der Waals surface area contributed by atoms with Gasteiger partial charge in [0.25, 0.3) is 0 Å². The summed E-state index contributed by atoms with van der Waals surface area (Å²) < 4.78 is 30.4. The SMILES string of the molecule is CN1C(=O)N(c2c(F)cc(C#Cc3ccccc3)cc2F)C(=O)CCCCCc2cnccc21. The first-order valence-electron chi connectivity index (χ1n) is 11.1. The van der Waals surface area contributed by atoms with Crippen LogP contribution in [0.15, 0.2) is 60.9 Å². The maximum absolute atomic E-state index is 15.2. The van der Waals surface area contributed by atoms with E-state index >= 15 is 8.78 Å². The van der Waals surface area contributed by atoms with Gasteiger partial charge < -0.3 is 0 Å². The number of hydrogen-bond donors (Lipinski definition) is 0. The highest BCUT2D eigenvalue weighted by Gasteiger charge is 2.32. The van der Waals surface area contributed by atoms with Gasteiger partial charge in [0, 0.05) is 37.0 Å². The van der Waals surface area contributed by atoms with Crippen molar-refractivity contribution in [3.63, 3.8) is 0 Å². The largest absolute Gasteiger partial charge is 0.335 e. The van der Waals surface area contributed by atoms with Gasteiger partial charge in [0.05, 0.1) is 5.69 Å². The van der Waals surface area contributed by atoms with E-state index in [0.717, 1.165) is 30.5 Å². The number of benzene rings is 2. The van der Waals surface area contributed by atoms with Gasteiger partial charge in [-0.3, -0.25) is 14.7 Å². The standard InChI is InChI=1S/C27H23F2N3O2/c1-31-24-14-15-30-18-21(24)10-6-3-7-11-25(33)32(27(31)34)26-22(28)16-20(17-23(26)29)13-12-19-8-4-2-5-9-19/h2,4-5,8-9,14-18H,3,6-7,10-11H2,1H3. The lowest BCUT2D eigenvalue weighted by atomic mass is 10.1. The van der Waals surface area contributed by atoms with Gasteiger partial charge >= 0.3 is 6.03 Å². The smallest absolute Gasteiger partial charge is 0.296 e. The molecule has 0 aliphatic carbocycles. The zero-order valence-corrected chi connectivity index (χ0v) is 18.7. The molecule has 1 aliphatic rings. The number of nitrogens with zero attached hydrogens (tertiary/aromatic N) is 3. The first-order valence-corrected chi connectivity index (χ1v) is 11.1. The molecule has 172 valence electrons. The Balaban J connectivity index is 1.74. The number of imide groups is 1. The van der Waals surface area contributed by atoms with Crippen LogP contribution in [0.2, 0.25) is 0 Å². The van der Waals surface area contributed by atoms with Crippen molar-refractivity contribution in [1.82, 2.24) is 4.98 Å². The van der Waals surface area contributed by atoms with E-state index in [1.165, 1.54) is 18.1 Å². The van der Waals surface area contributed by atoms with Crippen molar-refractivity contribution in [1.29, 1.82) is 0 Å². The Hall–Kier alpha value is -4.05. The number of aromatic nitrogens is 1. The number of anilines is 2. The molecule has 0 N–H and O–H groups in total. The molecule has 0 fully saturated rings. The molecule has 3 amide bonds. The van der Waals surface area contributed by atoms with Gasteiger partial charge in [-0.05, 0) is 55.2 Å². The lowest BCUT2D eigenvalue weighted by molar-refractivity contribution is -0.118. The van der Waals surface area contributed by atoms with Crippen LogP contribution in [0.5, 0.6) is 0 Å². The number of pyridine rings is 1. The normalized spacial score (nSPS) is 14.7. The Morgan fingerprint density at radius 2 is 1.56 bits per heavy atom. The summed E-state index contributed by atoms with van der Waals surface area (Å²) in [6.07, 6.45) is 5.96. The van der Waals surface area contributed by atoms with Crippen LogP contribution in [0.25, 0.3) is 0 Å². The minimum Gasteiger partial charge on any atom is -0.296 e. The number of hydrogen-bond acceptors (Lipinski definition) is 3. The van der Waals surface area contributed by atoms with E-state index in [4.69, 9.17) is 0 Å². The van der Waals surface area contributed by atoms with E-state index < -0.39 is 29.3 Å². The molecule has 0 unspecified atom stereocenters. The second-order valence-electron chi connectivity index (χ2n) is 8.04. The highest BCUT2D eigenvalue weighted by molar-refractivity contribution is 6.19. The van der Waals surface area contributed by atoms with Gasteiger partial charge in [0.15, 0.2) is 11.6 Å². The van der Waals surface area contributed by atoms with Gasteiger partial charge in [-0.1, -0.05) is 36.5 Å². The van der Waals surface area contributed by atoms with E-state index in [0.29, 0.717) is 29.0 Å². The van der Waals surface area contributed by atoms with Crippen LogP contribution in [0.4, 0.5) is 25.0 Å². The number of urea groups is 1. The van der Waals surface area contributed by atoms with Crippen molar-refractivity contribution < 1.29 is 18.4 Å². The van der Waals surface area contributed by atoms with E-state index in [1.807, 2.05) is 18.2 Å². The molecule has 0 saturated heterocycles. The summed E-state index contributed by atoms with van der Waals surface area (Å²) in [7, 11) is 1.48. The third kappa shape index (κ3) is 4.96. The highest BCUT2D eigenvalue weighted by atomic mass is 19.1. The fourth-order valence-electron chi connectivity index (χ4n) is 3.92. The average molecular weight is 459 g/mol. The Labute approximate surface area is 197 Å². The summed E-state index contributed by atoms with van der Waals surface area (Å²) in [4.78, 5) is 32.4. The summed E-state index contributed by atoms with van der Waals surface area (Å²) in [6.45, 7) is 0. The van der Waals surface area contributed by atoms with Crippen molar-refractivity contribution >= 4 is 23.3 Å². The van der Waals surface area contributed by atoms with Crippen molar-refractivity contribution in [3.8, 4) is 11.8 Å². The van der Waals surface area contributed by atoms with Crippen LogP contribution >= 0.6 is 0 Å². The van der Waals surface area contributed by atoms with Crippen molar-refractivity contribution in [3.05, 3.63) is 89.2 Å². The van der Waals surface area contributed by atoms with Crippen LogP contribution in [0.3, 0.4) is 0 Å². The van der Waals surface area contributed by atoms with E-state index in [1.54, 1.807) is 24.4 Å². The molecule has 0 atom stereocenters. The Morgan fingerprint density at radius 1 is 0.882 bits per heavy atom. The van der Waals surface area contributed by atoms with Gasteiger partial charge in [-0.15, -0.1) is 0 Å². The number of fused-ring (bicyclic) bond motifs is 1. The number of aryl methyl sites for hydroxylation is 1. The molecule has 0 radical (unpaired) electrons.